The minimum absolute atomic E-state index is 0.108. The Morgan fingerprint density at radius 2 is 0.471 bits per heavy atom. The molecule has 606 valence electrons. The summed E-state index contributed by atoms with van der Waals surface area (Å²) < 4.78 is 68.7. The molecule has 0 heterocycles. The molecule has 0 aliphatic carbocycles. The summed E-state index contributed by atoms with van der Waals surface area (Å²) >= 11 is 0. The Hall–Kier alpha value is -1.94. The Balaban J connectivity index is 5.21. The van der Waals surface area contributed by atoms with Crippen LogP contribution in [-0.4, -0.2) is 96.7 Å². The predicted molar refractivity (Wildman–Crippen MR) is 418 cm³/mol. The second-order valence-electron chi connectivity index (χ2n) is 30.1. The van der Waals surface area contributed by atoms with E-state index >= 15 is 0 Å². The van der Waals surface area contributed by atoms with Gasteiger partial charge in [-0.05, 0) is 31.6 Å². The fourth-order valence-corrected chi connectivity index (χ4v) is 14.5. The molecule has 0 amide bonds. The maximum Gasteiger partial charge on any atom is 0.472 e. The zero-order valence-electron chi connectivity index (χ0n) is 66.8. The molecule has 0 radical (unpaired) electrons. The molecule has 0 aliphatic heterocycles. The van der Waals surface area contributed by atoms with Gasteiger partial charge in [0.1, 0.15) is 19.3 Å². The SMILES string of the molecule is CCCCCCCCCCCCCCCCCCCCCCCC(=O)O[C@H](COC(=O)CCCCCCCCCCCCCCCCC(C)CC)COP(=O)(O)OC[C@@H](O)COP(=O)(O)OC[C@@H](COC(=O)CCCCCCCCCCC)OC(=O)CCCCCCCCCCCCCCCC. The van der Waals surface area contributed by atoms with Crippen LogP contribution in [-0.2, 0) is 65.4 Å². The van der Waals surface area contributed by atoms with Crippen molar-refractivity contribution >= 4 is 39.5 Å². The molecule has 19 heteroatoms. The van der Waals surface area contributed by atoms with Crippen LogP contribution in [0.5, 0.6) is 0 Å². The number of carbonyl (C=O) groups excluding carboxylic acids is 4. The average molecular weight is 1490 g/mol. The largest absolute Gasteiger partial charge is 0.472 e. The van der Waals surface area contributed by atoms with E-state index in [1.54, 1.807) is 0 Å². The highest BCUT2D eigenvalue weighted by Gasteiger charge is 2.30. The van der Waals surface area contributed by atoms with Gasteiger partial charge in [0.15, 0.2) is 12.2 Å². The molecule has 3 N–H and O–H groups in total. The number of phosphoric acid groups is 2. The van der Waals surface area contributed by atoms with Crippen LogP contribution in [0.1, 0.15) is 446 Å². The van der Waals surface area contributed by atoms with Gasteiger partial charge in [-0.25, -0.2) is 9.13 Å². The summed E-state index contributed by atoms with van der Waals surface area (Å²) in [4.78, 5) is 73.0. The van der Waals surface area contributed by atoms with Crippen molar-refractivity contribution in [2.24, 2.45) is 5.92 Å². The summed E-state index contributed by atoms with van der Waals surface area (Å²) in [5.41, 5.74) is 0. The van der Waals surface area contributed by atoms with Gasteiger partial charge in [-0.3, -0.25) is 37.3 Å². The summed E-state index contributed by atoms with van der Waals surface area (Å²) in [6.07, 6.45) is 68.0. The van der Waals surface area contributed by atoms with Crippen LogP contribution < -0.4 is 0 Å². The first-order valence-electron chi connectivity index (χ1n) is 43.2. The quantitative estimate of drug-likeness (QED) is 0.0222. The third-order valence-corrected chi connectivity index (χ3v) is 21.8. The van der Waals surface area contributed by atoms with Crippen molar-refractivity contribution in [3.05, 3.63) is 0 Å². The van der Waals surface area contributed by atoms with E-state index in [1.165, 1.54) is 270 Å². The summed E-state index contributed by atoms with van der Waals surface area (Å²) in [5, 5.41) is 10.6. The number of esters is 4. The van der Waals surface area contributed by atoms with E-state index in [9.17, 15) is 43.2 Å². The first-order valence-corrected chi connectivity index (χ1v) is 46.2. The zero-order valence-corrected chi connectivity index (χ0v) is 68.5. The molecule has 17 nitrogen and oxygen atoms in total. The standard InChI is InChI=1S/C83H162O17P2/c1-6-10-13-16-19-22-24-26-28-29-30-31-32-33-34-40-44-49-54-59-64-69-83(88)100-79(73-94-81(86)67-62-57-52-47-42-39-36-35-37-41-46-50-55-60-65-76(5)9-4)75-98-102(91,92)96-71-77(84)70-95-101(89,90)97-74-78(72-93-80(85)66-61-56-51-45-21-18-15-12-8-3)99-82(87)68-63-58-53-48-43-38-27-25-23-20-17-14-11-7-2/h76-79,84H,6-75H2,1-5H3,(H,89,90)(H,91,92)/t76?,77-,78+,79+/m0/s1. The Morgan fingerprint density at radius 3 is 0.696 bits per heavy atom. The lowest BCUT2D eigenvalue weighted by Gasteiger charge is -2.21. The van der Waals surface area contributed by atoms with Crippen LogP contribution in [0.2, 0.25) is 0 Å². The van der Waals surface area contributed by atoms with Gasteiger partial charge in [-0.2, -0.15) is 0 Å². The molecule has 0 aromatic carbocycles. The van der Waals surface area contributed by atoms with Gasteiger partial charge in [-0.15, -0.1) is 0 Å². The van der Waals surface area contributed by atoms with Gasteiger partial charge in [0.2, 0.25) is 0 Å². The molecule has 6 atom stereocenters. The molecule has 0 rings (SSSR count). The number of unbranched alkanes of at least 4 members (excludes halogenated alkanes) is 54. The van der Waals surface area contributed by atoms with Gasteiger partial charge < -0.3 is 33.8 Å². The highest BCUT2D eigenvalue weighted by molar-refractivity contribution is 7.47. The number of phosphoric ester groups is 2. The molecule has 0 saturated heterocycles. The first-order chi connectivity index (χ1) is 49.6. The lowest BCUT2D eigenvalue weighted by molar-refractivity contribution is -0.161. The topological polar surface area (TPSA) is 237 Å². The second-order valence-corrected chi connectivity index (χ2v) is 33.0. The molecule has 0 spiro atoms. The van der Waals surface area contributed by atoms with Gasteiger partial charge in [0, 0.05) is 25.7 Å². The van der Waals surface area contributed by atoms with Crippen LogP contribution in [0.25, 0.3) is 0 Å². The Labute approximate surface area is 626 Å². The summed E-state index contributed by atoms with van der Waals surface area (Å²) in [6, 6.07) is 0. The van der Waals surface area contributed by atoms with Crippen LogP contribution in [0.4, 0.5) is 0 Å². The number of hydrogen-bond acceptors (Lipinski definition) is 15. The van der Waals surface area contributed by atoms with Gasteiger partial charge in [0.05, 0.1) is 26.4 Å². The number of aliphatic hydroxyl groups excluding tert-OH is 1. The monoisotopic (exact) mass is 1490 g/mol. The van der Waals surface area contributed by atoms with Crippen molar-refractivity contribution in [1.29, 1.82) is 0 Å². The zero-order chi connectivity index (χ0) is 74.8. The van der Waals surface area contributed by atoms with E-state index < -0.39 is 97.5 Å². The number of rotatable bonds is 83. The Morgan fingerprint density at radius 1 is 0.275 bits per heavy atom. The maximum absolute atomic E-state index is 13.1. The number of carbonyl (C=O) groups is 4. The summed E-state index contributed by atoms with van der Waals surface area (Å²) in [5.74, 6) is -1.25. The lowest BCUT2D eigenvalue weighted by atomic mass is 9.99. The highest BCUT2D eigenvalue weighted by Crippen LogP contribution is 2.45. The maximum atomic E-state index is 13.1. The molecular formula is C83H162O17P2. The van der Waals surface area contributed by atoms with E-state index in [0.717, 1.165) is 95.8 Å². The molecule has 0 aromatic rings. The fraction of sp³-hybridized carbons (Fsp3) is 0.952. The molecule has 0 saturated carbocycles. The molecule has 0 aromatic heterocycles. The van der Waals surface area contributed by atoms with Crippen molar-refractivity contribution in [3.63, 3.8) is 0 Å². The lowest BCUT2D eigenvalue weighted by Crippen LogP contribution is -2.30. The smallest absolute Gasteiger partial charge is 0.462 e. The van der Waals surface area contributed by atoms with Crippen LogP contribution in [0, 0.1) is 5.92 Å². The van der Waals surface area contributed by atoms with Gasteiger partial charge in [0.25, 0.3) is 0 Å². The normalized spacial score (nSPS) is 14.1. The molecule has 0 bridgehead atoms. The van der Waals surface area contributed by atoms with Crippen molar-refractivity contribution in [2.75, 3.05) is 39.6 Å². The van der Waals surface area contributed by atoms with Crippen molar-refractivity contribution in [1.82, 2.24) is 0 Å². The second kappa shape index (κ2) is 75.9. The van der Waals surface area contributed by atoms with Crippen molar-refractivity contribution in [2.45, 2.75) is 464 Å². The summed E-state index contributed by atoms with van der Waals surface area (Å²) in [6.45, 7) is 7.38. The molecule has 0 fully saturated rings. The van der Waals surface area contributed by atoms with Crippen molar-refractivity contribution < 1.29 is 80.2 Å². The van der Waals surface area contributed by atoms with E-state index in [2.05, 4.69) is 34.6 Å². The van der Waals surface area contributed by atoms with E-state index in [4.69, 9.17) is 37.0 Å². The minimum Gasteiger partial charge on any atom is -0.462 e. The van der Waals surface area contributed by atoms with E-state index in [-0.39, 0.29) is 25.7 Å². The number of aliphatic hydroxyl groups is 1. The number of ether oxygens (including phenoxy) is 4. The van der Waals surface area contributed by atoms with E-state index in [1.807, 2.05) is 0 Å². The average Bonchev–Trinajstić information content (AvgIpc) is 0.972. The van der Waals surface area contributed by atoms with E-state index in [0.29, 0.717) is 25.7 Å². The van der Waals surface area contributed by atoms with Crippen molar-refractivity contribution in [3.8, 4) is 0 Å². The molecule has 0 aliphatic rings. The number of hydrogen-bond donors (Lipinski definition) is 3. The Kier molecular flexibility index (Phi) is 74.4. The molecular weight excluding hydrogens is 1330 g/mol. The van der Waals surface area contributed by atoms with Gasteiger partial charge in [-0.1, -0.05) is 394 Å². The van der Waals surface area contributed by atoms with Crippen LogP contribution in [0.15, 0.2) is 0 Å². The van der Waals surface area contributed by atoms with Gasteiger partial charge >= 0.3 is 39.5 Å². The first kappa shape index (κ1) is 100. The van der Waals surface area contributed by atoms with Crippen LogP contribution >= 0.6 is 15.6 Å². The fourth-order valence-electron chi connectivity index (χ4n) is 12.9. The third kappa shape index (κ3) is 74.9. The minimum atomic E-state index is -4.96. The summed E-state index contributed by atoms with van der Waals surface area (Å²) in [7, 11) is -9.92. The predicted octanol–water partition coefficient (Wildman–Crippen LogP) is 25.2. The molecule has 102 heavy (non-hydrogen) atoms. The third-order valence-electron chi connectivity index (χ3n) is 19.9. The van der Waals surface area contributed by atoms with Crippen LogP contribution in [0.3, 0.4) is 0 Å². The Bertz CT molecular complexity index is 1950. The highest BCUT2D eigenvalue weighted by atomic mass is 31.2. The molecule has 3 unspecified atom stereocenters.